The van der Waals surface area contributed by atoms with Crippen LogP contribution in [0, 0.1) is 0 Å². The van der Waals surface area contributed by atoms with Crippen molar-refractivity contribution < 1.29 is 19.0 Å². The molecule has 6 heteroatoms. The summed E-state index contributed by atoms with van der Waals surface area (Å²) in [5, 5.41) is 2.38. The Morgan fingerprint density at radius 2 is 2.06 bits per heavy atom. The van der Waals surface area contributed by atoms with E-state index in [4.69, 9.17) is 9.63 Å². The first kappa shape index (κ1) is 12.6. The van der Waals surface area contributed by atoms with E-state index in [9.17, 15) is 9.36 Å². The van der Waals surface area contributed by atoms with Gasteiger partial charge < -0.3 is 14.9 Å². The number of ether oxygens (including phenoxy) is 1. The molecule has 0 saturated heterocycles. The van der Waals surface area contributed by atoms with Crippen LogP contribution in [-0.4, -0.2) is 23.7 Å². The summed E-state index contributed by atoms with van der Waals surface area (Å²) in [6, 6.07) is 9.27. The molecule has 0 spiro atoms. The fourth-order valence-electron chi connectivity index (χ4n) is 1.03. The van der Waals surface area contributed by atoms with Gasteiger partial charge in [-0.1, -0.05) is 30.3 Å². The second-order valence-electron chi connectivity index (χ2n) is 3.06. The molecule has 1 aromatic carbocycles. The number of hydrogen-bond acceptors (Lipinski definition) is 3. The molecule has 2 N–H and O–H groups in total. The standard InChI is InChI=1S/C10H13NO4P/c12-10(11-6-7-16(13)14)15-8-9-4-2-1-3-5-9/h1-5H,6-8H2,(H,11,12)(H,13,14). The maximum Gasteiger partial charge on any atom is 0.407 e. The predicted molar refractivity (Wildman–Crippen MR) is 59.3 cm³/mol. The molecule has 1 amide bonds. The van der Waals surface area contributed by atoms with Crippen LogP contribution in [0.5, 0.6) is 0 Å². The van der Waals surface area contributed by atoms with Crippen LogP contribution in [0.2, 0.25) is 0 Å². The highest BCUT2D eigenvalue weighted by Crippen LogP contribution is 2.09. The molecular weight excluding hydrogens is 229 g/mol. The van der Waals surface area contributed by atoms with E-state index in [-0.39, 0.29) is 19.3 Å². The van der Waals surface area contributed by atoms with Gasteiger partial charge in [-0.3, -0.25) is 4.57 Å². The smallest absolute Gasteiger partial charge is 0.407 e. The molecule has 0 aliphatic heterocycles. The van der Waals surface area contributed by atoms with Crippen LogP contribution in [0.25, 0.3) is 0 Å². The van der Waals surface area contributed by atoms with E-state index in [2.05, 4.69) is 5.32 Å². The van der Waals surface area contributed by atoms with Gasteiger partial charge in [0.25, 0.3) is 0 Å². The van der Waals surface area contributed by atoms with Gasteiger partial charge in [-0.2, -0.15) is 0 Å². The third-order valence-electron chi connectivity index (χ3n) is 1.79. The number of nitrogens with one attached hydrogen (secondary N) is 1. The van der Waals surface area contributed by atoms with Crippen LogP contribution >= 0.6 is 8.03 Å². The third kappa shape index (κ3) is 5.44. The highest BCUT2D eigenvalue weighted by atomic mass is 31.1. The lowest BCUT2D eigenvalue weighted by Crippen LogP contribution is -2.26. The second kappa shape index (κ2) is 6.93. The van der Waals surface area contributed by atoms with Crippen LogP contribution in [0.15, 0.2) is 30.3 Å². The molecule has 1 aromatic rings. The van der Waals surface area contributed by atoms with E-state index < -0.39 is 14.1 Å². The van der Waals surface area contributed by atoms with Crippen molar-refractivity contribution in [3.63, 3.8) is 0 Å². The Morgan fingerprint density at radius 3 is 2.69 bits per heavy atom. The van der Waals surface area contributed by atoms with Crippen molar-refractivity contribution in [1.82, 2.24) is 5.32 Å². The summed E-state index contributed by atoms with van der Waals surface area (Å²) in [4.78, 5) is 19.6. The number of amides is 1. The number of rotatable bonds is 5. The Balaban J connectivity index is 2.18. The lowest BCUT2D eigenvalue weighted by atomic mass is 10.2. The van der Waals surface area contributed by atoms with Gasteiger partial charge >= 0.3 is 6.09 Å². The predicted octanol–water partition coefficient (Wildman–Crippen LogP) is 1.65. The molecule has 0 aromatic heterocycles. The lowest BCUT2D eigenvalue weighted by molar-refractivity contribution is 0.140. The molecule has 0 bridgehead atoms. The summed E-state index contributed by atoms with van der Waals surface area (Å²) in [5.74, 6) is 0. The van der Waals surface area contributed by atoms with E-state index in [0.717, 1.165) is 5.56 Å². The summed E-state index contributed by atoms with van der Waals surface area (Å²) in [5.41, 5.74) is 0.894. The molecule has 1 radical (unpaired) electrons. The molecule has 1 atom stereocenters. The molecule has 1 rings (SSSR count). The normalized spacial score (nSPS) is 10.7. The zero-order valence-corrected chi connectivity index (χ0v) is 9.52. The van der Waals surface area contributed by atoms with Gasteiger partial charge in [0.05, 0.1) is 6.16 Å². The molecule has 0 aliphatic carbocycles. The van der Waals surface area contributed by atoms with Crippen LogP contribution in [0.1, 0.15) is 5.56 Å². The van der Waals surface area contributed by atoms with Gasteiger partial charge in [0.1, 0.15) is 6.61 Å². The average molecular weight is 242 g/mol. The SMILES string of the molecule is O=C(NCC[P](=O)O)OCc1ccccc1. The summed E-state index contributed by atoms with van der Waals surface area (Å²) in [6.07, 6.45) is -0.545. The number of hydrogen-bond donors (Lipinski definition) is 2. The quantitative estimate of drug-likeness (QED) is 0.770. The topological polar surface area (TPSA) is 75.6 Å². The largest absolute Gasteiger partial charge is 0.445 e. The monoisotopic (exact) mass is 242 g/mol. The summed E-state index contributed by atoms with van der Waals surface area (Å²) >= 11 is 0. The Bertz CT molecular complexity index is 355. The van der Waals surface area contributed by atoms with Crippen LogP contribution in [0.3, 0.4) is 0 Å². The molecular formula is C10H13NO4P. The Labute approximate surface area is 94.3 Å². The van der Waals surface area contributed by atoms with Gasteiger partial charge in [-0.05, 0) is 5.56 Å². The highest BCUT2D eigenvalue weighted by molar-refractivity contribution is 7.38. The first-order chi connectivity index (χ1) is 7.68. The molecule has 0 aliphatic rings. The molecule has 0 heterocycles. The van der Waals surface area contributed by atoms with Gasteiger partial charge in [0.15, 0.2) is 0 Å². The minimum absolute atomic E-state index is 0.0375. The zero-order chi connectivity index (χ0) is 11.8. The minimum Gasteiger partial charge on any atom is -0.445 e. The maximum atomic E-state index is 11.1. The van der Waals surface area contributed by atoms with Crippen molar-refractivity contribution in [2.75, 3.05) is 12.7 Å². The van der Waals surface area contributed by atoms with Crippen molar-refractivity contribution >= 4 is 14.1 Å². The molecule has 0 saturated carbocycles. The lowest BCUT2D eigenvalue weighted by Gasteiger charge is -2.05. The molecule has 1 unspecified atom stereocenters. The Morgan fingerprint density at radius 1 is 1.38 bits per heavy atom. The second-order valence-corrected chi connectivity index (χ2v) is 4.22. The van der Waals surface area contributed by atoms with Crippen molar-refractivity contribution in [2.24, 2.45) is 0 Å². The number of benzene rings is 1. The fraction of sp³-hybridized carbons (Fsp3) is 0.300. The molecule has 5 nitrogen and oxygen atoms in total. The fourth-order valence-corrected chi connectivity index (χ4v) is 1.33. The Kier molecular flexibility index (Phi) is 5.46. The van der Waals surface area contributed by atoms with E-state index in [0.29, 0.717) is 0 Å². The average Bonchev–Trinajstić information content (AvgIpc) is 2.27. The third-order valence-corrected chi connectivity index (χ3v) is 2.39. The minimum atomic E-state index is -2.20. The van der Waals surface area contributed by atoms with Crippen molar-refractivity contribution in [3.05, 3.63) is 35.9 Å². The zero-order valence-electron chi connectivity index (χ0n) is 8.63. The number of carbonyl (C=O) groups is 1. The molecule has 16 heavy (non-hydrogen) atoms. The van der Waals surface area contributed by atoms with E-state index in [1.54, 1.807) is 0 Å². The van der Waals surface area contributed by atoms with Gasteiger partial charge in [-0.25, -0.2) is 4.79 Å². The summed E-state index contributed by atoms with van der Waals surface area (Å²) in [7, 11) is -2.20. The van der Waals surface area contributed by atoms with E-state index in [1.165, 1.54) is 0 Å². The van der Waals surface area contributed by atoms with Crippen LogP contribution in [0.4, 0.5) is 4.79 Å². The number of carbonyl (C=O) groups excluding carboxylic acids is 1. The van der Waals surface area contributed by atoms with Gasteiger partial charge in [-0.15, -0.1) is 0 Å². The van der Waals surface area contributed by atoms with Crippen molar-refractivity contribution in [1.29, 1.82) is 0 Å². The van der Waals surface area contributed by atoms with Gasteiger partial charge in [0.2, 0.25) is 8.03 Å². The molecule has 0 fully saturated rings. The van der Waals surface area contributed by atoms with Crippen LogP contribution < -0.4 is 5.32 Å². The first-order valence-electron chi connectivity index (χ1n) is 4.76. The van der Waals surface area contributed by atoms with Gasteiger partial charge in [0, 0.05) is 6.54 Å². The summed E-state index contributed by atoms with van der Waals surface area (Å²) in [6.45, 7) is 0.331. The first-order valence-corrected chi connectivity index (χ1v) is 6.16. The van der Waals surface area contributed by atoms with Crippen molar-refractivity contribution in [2.45, 2.75) is 6.61 Å². The number of alkyl carbamates (subject to hydrolysis) is 1. The van der Waals surface area contributed by atoms with E-state index >= 15 is 0 Å². The van der Waals surface area contributed by atoms with Crippen LogP contribution in [-0.2, 0) is 15.9 Å². The highest BCUT2D eigenvalue weighted by Gasteiger charge is 2.02. The molecule has 87 valence electrons. The maximum absolute atomic E-state index is 11.1. The summed E-state index contributed by atoms with van der Waals surface area (Å²) < 4.78 is 15.2. The Hall–Kier alpha value is -1.45. The van der Waals surface area contributed by atoms with Crippen molar-refractivity contribution in [3.8, 4) is 0 Å². The van der Waals surface area contributed by atoms with E-state index in [1.807, 2.05) is 30.3 Å².